The highest BCUT2D eigenvalue weighted by Crippen LogP contribution is 2.26. The lowest BCUT2D eigenvalue weighted by Gasteiger charge is -2.10. The molecule has 0 fully saturated rings. The summed E-state index contributed by atoms with van der Waals surface area (Å²) < 4.78 is 31.2. The summed E-state index contributed by atoms with van der Waals surface area (Å²) in [5.41, 5.74) is 6.94. The van der Waals surface area contributed by atoms with Crippen molar-refractivity contribution in [2.45, 2.75) is 12.8 Å². The zero-order valence-corrected chi connectivity index (χ0v) is 14.4. The van der Waals surface area contributed by atoms with Gasteiger partial charge in [0.15, 0.2) is 5.96 Å². The number of guanidine groups is 1. The van der Waals surface area contributed by atoms with Crippen LogP contribution in [-0.2, 0) is 10.1 Å². The molecule has 9 nitrogen and oxygen atoms in total. The van der Waals surface area contributed by atoms with Crippen molar-refractivity contribution in [1.82, 2.24) is 0 Å². The molecule has 25 heavy (non-hydrogen) atoms. The van der Waals surface area contributed by atoms with Gasteiger partial charge in [-0.05, 0) is 29.8 Å². The highest BCUT2D eigenvalue weighted by Gasteiger charge is 2.15. The molecule has 0 saturated carbocycles. The van der Waals surface area contributed by atoms with Gasteiger partial charge in [-0.2, -0.15) is 8.42 Å². The molecule has 10 heteroatoms. The van der Waals surface area contributed by atoms with E-state index in [9.17, 15) is 13.2 Å². The molecular formula is C15H19N3O6S. The number of rotatable bonds is 4. The van der Waals surface area contributed by atoms with E-state index < -0.39 is 16.1 Å². The number of carboxylic acids is 1. The second-order valence-corrected chi connectivity index (χ2v) is 6.59. The minimum Gasteiger partial charge on any atom is -0.475 e. The molecule has 0 radical (unpaired) electrons. The van der Waals surface area contributed by atoms with Gasteiger partial charge in [-0.1, -0.05) is 19.1 Å². The third-order valence-corrected chi connectivity index (χ3v) is 2.95. The minimum absolute atomic E-state index is 0.0607. The highest BCUT2D eigenvalue weighted by atomic mass is 32.2. The minimum atomic E-state index is -3.67. The fourth-order valence-electron chi connectivity index (χ4n) is 1.88. The molecular weight excluding hydrogens is 350 g/mol. The number of furan rings is 1. The number of hydrogen-bond donors (Lipinski definition) is 5. The third kappa shape index (κ3) is 7.50. The molecule has 1 atom stereocenters. The zero-order chi connectivity index (χ0) is 19.2. The molecule has 0 amide bonds. The van der Waals surface area contributed by atoms with Gasteiger partial charge in [0.2, 0.25) is 5.76 Å². The molecule has 1 unspecified atom stereocenters. The summed E-state index contributed by atoms with van der Waals surface area (Å²) in [7, 11) is -3.67. The van der Waals surface area contributed by atoms with Gasteiger partial charge >= 0.3 is 5.97 Å². The lowest BCUT2D eigenvalue weighted by Crippen LogP contribution is -2.20. The number of anilines is 1. The molecule has 1 heterocycles. The first kappa shape index (κ1) is 20.2. The van der Waals surface area contributed by atoms with Crippen molar-refractivity contribution in [2.24, 2.45) is 5.73 Å². The third-order valence-electron chi connectivity index (χ3n) is 2.95. The number of aromatic carboxylic acids is 1. The maximum absolute atomic E-state index is 10.8. The van der Waals surface area contributed by atoms with E-state index >= 15 is 0 Å². The van der Waals surface area contributed by atoms with Crippen LogP contribution in [0.15, 0.2) is 40.8 Å². The highest BCUT2D eigenvalue weighted by molar-refractivity contribution is 7.85. The molecule has 2 aromatic rings. The van der Waals surface area contributed by atoms with Crippen LogP contribution in [-0.4, -0.2) is 36.3 Å². The number of benzene rings is 1. The van der Waals surface area contributed by atoms with Gasteiger partial charge in [0.05, 0.1) is 6.26 Å². The van der Waals surface area contributed by atoms with Gasteiger partial charge in [-0.3, -0.25) is 9.96 Å². The molecule has 1 aromatic heterocycles. The Morgan fingerprint density at radius 2 is 1.76 bits per heavy atom. The first-order valence-electron chi connectivity index (χ1n) is 6.94. The van der Waals surface area contributed by atoms with E-state index in [0.29, 0.717) is 12.0 Å². The average Bonchev–Trinajstić information content (AvgIpc) is 2.95. The van der Waals surface area contributed by atoms with E-state index in [-0.39, 0.29) is 17.6 Å². The maximum atomic E-state index is 10.8. The van der Waals surface area contributed by atoms with Crippen molar-refractivity contribution in [1.29, 1.82) is 5.41 Å². The SMILES string of the molecule is CC(c1ccc(NC(=N)N)cc1)c1ccc(C(=O)O)o1.CS(=O)(=O)O. The fraction of sp³-hybridized carbons (Fsp3) is 0.200. The first-order valence-corrected chi connectivity index (χ1v) is 8.78. The molecule has 2 rings (SSSR count). The lowest BCUT2D eigenvalue weighted by molar-refractivity contribution is 0.0660. The van der Waals surface area contributed by atoms with Crippen LogP contribution in [0.4, 0.5) is 5.69 Å². The summed E-state index contributed by atoms with van der Waals surface area (Å²) in [6, 6.07) is 10.5. The quantitative estimate of drug-likeness (QED) is 0.309. The molecule has 0 saturated heterocycles. The van der Waals surface area contributed by atoms with Crippen LogP contribution in [0, 0.1) is 5.41 Å². The van der Waals surface area contributed by atoms with Crippen LogP contribution in [0.5, 0.6) is 0 Å². The molecule has 1 aromatic carbocycles. The molecule has 0 bridgehead atoms. The summed E-state index contributed by atoms with van der Waals surface area (Å²) in [5, 5.41) is 18.7. The fourth-order valence-corrected chi connectivity index (χ4v) is 1.88. The van der Waals surface area contributed by atoms with Crippen molar-refractivity contribution >= 4 is 27.7 Å². The summed E-state index contributed by atoms with van der Waals surface area (Å²) in [5.74, 6) is -0.738. The van der Waals surface area contributed by atoms with Gasteiger partial charge in [0.25, 0.3) is 10.1 Å². The van der Waals surface area contributed by atoms with Gasteiger partial charge in [-0.15, -0.1) is 0 Å². The van der Waals surface area contributed by atoms with E-state index in [1.54, 1.807) is 18.2 Å². The van der Waals surface area contributed by atoms with Crippen molar-refractivity contribution < 1.29 is 27.3 Å². The summed E-state index contributed by atoms with van der Waals surface area (Å²) in [6.07, 6.45) is 0.715. The van der Waals surface area contributed by atoms with Crippen LogP contribution >= 0.6 is 0 Å². The van der Waals surface area contributed by atoms with E-state index in [4.69, 9.17) is 25.2 Å². The topological polar surface area (TPSA) is 167 Å². The van der Waals surface area contributed by atoms with Crippen LogP contribution in [0.1, 0.15) is 34.7 Å². The largest absolute Gasteiger partial charge is 0.475 e. The number of nitrogens with one attached hydrogen (secondary N) is 2. The van der Waals surface area contributed by atoms with Gasteiger partial charge in [0, 0.05) is 11.6 Å². The Labute approximate surface area is 144 Å². The Morgan fingerprint density at radius 3 is 2.16 bits per heavy atom. The molecule has 6 N–H and O–H groups in total. The monoisotopic (exact) mass is 369 g/mol. The van der Waals surface area contributed by atoms with Crippen LogP contribution in [0.25, 0.3) is 0 Å². The van der Waals surface area contributed by atoms with Crippen molar-refractivity contribution in [3.05, 3.63) is 53.5 Å². The number of nitrogens with two attached hydrogens (primary N) is 1. The van der Waals surface area contributed by atoms with Crippen LogP contribution in [0.2, 0.25) is 0 Å². The van der Waals surface area contributed by atoms with Crippen molar-refractivity contribution in [3.8, 4) is 0 Å². The number of carboxylic acid groups (broad SMARTS) is 1. The average molecular weight is 369 g/mol. The molecule has 0 aliphatic rings. The second kappa shape index (κ2) is 8.31. The molecule has 0 spiro atoms. The van der Waals surface area contributed by atoms with Crippen molar-refractivity contribution in [3.63, 3.8) is 0 Å². The van der Waals surface area contributed by atoms with Crippen molar-refractivity contribution in [2.75, 3.05) is 11.6 Å². The normalized spacial score (nSPS) is 11.8. The summed E-state index contributed by atoms with van der Waals surface area (Å²) >= 11 is 0. The van der Waals surface area contributed by atoms with E-state index in [0.717, 1.165) is 11.3 Å². The van der Waals surface area contributed by atoms with Crippen LogP contribution < -0.4 is 11.1 Å². The Balaban J connectivity index is 0.000000550. The Hall–Kier alpha value is -2.85. The van der Waals surface area contributed by atoms with Gasteiger partial charge < -0.3 is 20.6 Å². The smallest absolute Gasteiger partial charge is 0.371 e. The Morgan fingerprint density at radius 1 is 1.24 bits per heavy atom. The second-order valence-electron chi connectivity index (χ2n) is 5.12. The van der Waals surface area contributed by atoms with Crippen LogP contribution in [0.3, 0.4) is 0 Å². The van der Waals surface area contributed by atoms with E-state index in [2.05, 4.69) is 5.32 Å². The number of carbonyl (C=O) groups is 1. The van der Waals surface area contributed by atoms with Gasteiger partial charge in [0.1, 0.15) is 5.76 Å². The summed E-state index contributed by atoms with van der Waals surface area (Å²) in [4.78, 5) is 10.8. The predicted octanol–water partition coefficient (Wildman–Crippen LogP) is 1.94. The van der Waals surface area contributed by atoms with E-state index in [1.165, 1.54) is 6.07 Å². The Bertz CT molecular complexity index is 834. The lowest BCUT2D eigenvalue weighted by atomic mass is 9.98. The van der Waals surface area contributed by atoms with E-state index in [1.807, 2.05) is 19.1 Å². The number of hydrogen-bond acceptors (Lipinski definition) is 5. The summed E-state index contributed by atoms with van der Waals surface area (Å²) in [6.45, 7) is 1.93. The molecule has 0 aliphatic carbocycles. The maximum Gasteiger partial charge on any atom is 0.371 e. The molecule has 136 valence electrons. The van der Waals surface area contributed by atoms with Gasteiger partial charge in [-0.25, -0.2) is 4.79 Å². The molecule has 0 aliphatic heterocycles. The zero-order valence-electron chi connectivity index (χ0n) is 13.6. The predicted molar refractivity (Wildman–Crippen MR) is 92.6 cm³/mol. The standard InChI is InChI=1S/C14H15N3O3.CH4O3S/c1-8(11-6-7-12(20-11)13(18)19)9-2-4-10(5-3-9)17-14(15)16;1-5(2,3)4/h2-8H,1H3,(H,18,19)(H4,15,16,17);1H3,(H,2,3,4). The first-order chi connectivity index (χ1) is 11.5. The Kier molecular flexibility index (Phi) is 6.71.